The number of halogens is 1. The van der Waals surface area contributed by atoms with Gasteiger partial charge in [-0.25, -0.2) is 4.98 Å². The maximum atomic E-state index is 12.1. The molecule has 5 nitrogen and oxygen atoms in total. The molecule has 25 heavy (non-hydrogen) atoms. The summed E-state index contributed by atoms with van der Waals surface area (Å²) in [4.78, 5) is 29.3. The van der Waals surface area contributed by atoms with Gasteiger partial charge in [0, 0.05) is 16.0 Å². The zero-order chi connectivity index (χ0) is 17.6. The van der Waals surface area contributed by atoms with E-state index < -0.39 is 5.91 Å². The molecule has 0 saturated heterocycles. The van der Waals surface area contributed by atoms with Gasteiger partial charge in [-0.1, -0.05) is 35.9 Å². The number of aromatic nitrogens is 1. The third-order valence-corrected chi connectivity index (χ3v) is 5.65. The fourth-order valence-electron chi connectivity index (χ4n) is 2.09. The van der Waals surface area contributed by atoms with E-state index in [-0.39, 0.29) is 17.4 Å². The molecule has 2 aromatic heterocycles. The lowest BCUT2D eigenvalue weighted by atomic mass is 10.2. The maximum Gasteiger partial charge on any atom is 0.288 e. The van der Waals surface area contributed by atoms with Gasteiger partial charge in [0.25, 0.3) is 5.91 Å². The summed E-state index contributed by atoms with van der Waals surface area (Å²) in [5.41, 5.74) is 5.76. The van der Waals surface area contributed by atoms with E-state index in [4.69, 9.17) is 11.6 Å². The molecular formula is C17H14ClN3O2S2. The number of hydrogen-bond acceptors (Lipinski definition) is 5. The Bertz CT molecular complexity index is 914. The van der Waals surface area contributed by atoms with Crippen LogP contribution in [-0.2, 0) is 10.5 Å². The lowest BCUT2D eigenvalue weighted by molar-refractivity contribution is -0.119. The number of carbonyl (C=O) groups is 2. The molecule has 3 aromatic rings. The SMILES string of the molecule is O=C(CSCc1ccc(Cl)s1)NNC(=O)c1ccc2ccccc2n1. The number of benzene rings is 1. The van der Waals surface area contributed by atoms with Gasteiger partial charge >= 0.3 is 0 Å². The minimum atomic E-state index is -0.450. The van der Waals surface area contributed by atoms with Crippen molar-refractivity contribution in [3.05, 3.63) is 63.4 Å². The molecule has 0 radical (unpaired) electrons. The Morgan fingerprint density at radius 1 is 1.08 bits per heavy atom. The highest BCUT2D eigenvalue weighted by Gasteiger charge is 2.10. The number of nitrogens with one attached hydrogen (secondary N) is 2. The van der Waals surface area contributed by atoms with Gasteiger partial charge in [-0.15, -0.1) is 23.1 Å². The van der Waals surface area contributed by atoms with Crippen molar-refractivity contribution < 1.29 is 9.59 Å². The number of rotatable bonds is 5. The second-order valence-corrected chi connectivity index (χ2v) is 7.88. The van der Waals surface area contributed by atoms with Crippen LogP contribution in [0.1, 0.15) is 15.4 Å². The van der Waals surface area contributed by atoms with E-state index in [0.717, 1.165) is 20.1 Å². The summed E-state index contributed by atoms with van der Waals surface area (Å²) in [7, 11) is 0. The van der Waals surface area contributed by atoms with Gasteiger partial charge in [-0.3, -0.25) is 20.4 Å². The first-order valence-electron chi connectivity index (χ1n) is 7.39. The van der Waals surface area contributed by atoms with E-state index in [0.29, 0.717) is 5.75 Å². The van der Waals surface area contributed by atoms with Crippen molar-refractivity contribution in [1.82, 2.24) is 15.8 Å². The Morgan fingerprint density at radius 2 is 1.92 bits per heavy atom. The fraction of sp³-hybridized carbons (Fsp3) is 0.118. The molecule has 2 heterocycles. The van der Waals surface area contributed by atoms with Crippen LogP contribution in [0.5, 0.6) is 0 Å². The van der Waals surface area contributed by atoms with Gasteiger partial charge in [0.2, 0.25) is 5.91 Å². The monoisotopic (exact) mass is 391 g/mol. The normalized spacial score (nSPS) is 10.6. The fourth-order valence-corrected chi connectivity index (χ4v) is 4.12. The van der Waals surface area contributed by atoms with E-state index in [1.165, 1.54) is 23.1 Å². The summed E-state index contributed by atoms with van der Waals surface area (Å²) in [6, 6.07) is 14.7. The van der Waals surface area contributed by atoms with Crippen LogP contribution in [-0.4, -0.2) is 22.6 Å². The summed E-state index contributed by atoms with van der Waals surface area (Å²) in [6.07, 6.45) is 0. The zero-order valence-electron chi connectivity index (χ0n) is 13.0. The van der Waals surface area contributed by atoms with Crippen LogP contribution < -0.4 is 10.9 Å². The van der Waals surface area contributed by atoms with Gasteiger partial charge in [0.15, 0.2) is 0 Å². The van der Waals surface area contributed by atoms with E-state index >= 15 is 0 Å². The van der Waals surface area contributed by atoms with Crippen LogP contribution in [0, 0.1) is 0 Å². The number of para-hydroxylation sites is 1. The number of amides is 2. The predicted molar refractivity (Wildman–Crippen MR) is 103 cm³/mol. The van der Waals surface area contributed by atoms with Crippen molar-refractivity contribution in [3.63, 3.8) is 0 Å². The Labute approximate surface area is 157 Å². The first-order chi connectivity index (χ1) is 12.1. The average molecular weight is 392 g/mol. The number of pyridine rings is 1. The van der Waals surface area contributed by atoms with E-state index in [1.807, 2.05) is 42.5 Å². The first-order valence-corrected chi connectivity index (χ1v) is 9.74. The third kappa shape index (κ3) is 4.94. The Kier molecular flexibility index (Phi) is 5.91. The quantitative estimate of drug-likeness (QED) is 0.651. The van der Waals surface area contributed by atoms with Gasteiger partial charge < -0.3 is 0 Å². The summed E-state index contributed by atoms with van der Waals surface area (Å²) in [6.45, 7) is 0. The van der Waals surface area contributed by atoms with Crippen molar-refractivity contribution in [3.8, 4) is 0 Å². The van der Waals surface area contributed by atoms with Crippen molar-refractivity contribution in [2.45, 2.75) is 5.75 Å². The smallest absolute Gasteiger partial charge is 0.272 e. The number of carbonyl (C=O) groups excluding carboxylic acids is 2. The molecule has 0 spiro atoms. The minimum Gasteiger partial charge on any atom is -0.272 e. The Morgan fingerprint density at radius 3 is 2.72 bits per heavy atom. The highest BCUT2D eigenvalue weighted by Crippen LogP contribution is 2.24. The highest BCUT2D eigenvalue weighted by molar-refractivity contribution is 7.99. The Hall–Kier alpha value is -2.09. The Balaban J connectivity index is 1.46. The molecule has 1 aromatic carbocycles. The topological polar surface area (TPSA) is 71.1 Å². The molecule has 128 valence electrons. The molecule has 2 N–H and O–H groups in total. The summed E-state index contributed by atoms with van der Waals surface area (Å²) >= 11 is 8.80. The standard InChI is InChI=1S/C17H14ClN3O2S2/c18-15-8-6-12(25-15)9-24-10-16(22)20-21-17(23)14-7-5-11-3-1-2-4-13(11)19-14/h1-8H,9-10H2,(H,20,22)(H,21,23). The minimum absolute atomic E-state index is 0.237. The van der Waals surface area contributed by atoms with E-state index in [1.54, 1.807) is 6.07 Å². The maximum absolute atomic E-state index is 12.1. The van der Waals surface area contributed by atoms with E-state index in [9.17, 15) is 9.59 Å². The second-order valence-electron chi connectivity index (χ2n) is 5.09. The van der Waals surface area contributed by atoms with Crippen molar-refractivity contribution in [2.75, 3.05) is 5.75 Å². The van der Waals surface area contributed by atoms with Gasteiger partial charge in [0.1, 0.15) is 5.69 Å². The molecule has 8 heteroatoms. The molecule has 0 bridgehead atoms. The van der Waals surface area contributed by atoms with Crippen molar-refractivity contribution >= 4 is 57.4 Å². The molecule has 0 fully saturated rings. The van der Waals surface area contributed by atoms with Crippen LogP contribution >= 0.6 is 34.7 Å². The van der Waals surface area contributed by atoms with Crippen molar-refractivity contribution in [1.29, 1.82) is 0 Å². The first kappa shape index (κ1) is 17.7. The number of nitrogens with zero attached hydrogens (tertiary/aromatic N) is 1. The van der Waals surface area contributed by atoms with Crippen LogP contribution in [0.15, 0.2) is 48.5 Å². The molecule has 2 amide bonds. The average Bonchev–Trinajstić information content (AvgIpc) is 3.04. The molecule has 0 aliphatic carbocycles. The molecule has 0 atom stereocenters. The number of fused-ring (bicyclic) bond motifs is 1. The summed E-state index contributed by atoms with van der Waals surface area (Å²) in [5, 5.41) is 0.952. The second kappa shape index (κ2) is 8.33. The molecule has 0 saturated carbocycles. The molecule has 3 rings (SSSR count). The van der Waals surface area contributed by atoms with Crippen LogP contribution in [0.2, 0.25) is 4.34 Å². The number of hydrogen-bond donors (Lipinski definition) is 2. The largest absolute Gasteiger partial charge is 0.288 e. The molecule has 0 unspecified atom stereocenters. The van der Waals surface area contributed by atoms with Crippen LogP contribution in [0.3, 0.4) is 0 Å². The summed E-state index contributed by atoms with van der Waals surface area (Å²) in [5.74, 6) is 0.210. The lowest BCUT2D eigenvalue weighted by Crippen LogP contribution is -2.42. The van der Waals surface area contributed by atoms with Gasteiger partial charge in [-0.05, 0) is 24.3 Å². The third-order valence-electron chi connectivity index (χ3n) is 3.25. The number of thioether (sulfide) groups is 1. The van der Waals surface area contributed by atoms with Gasteiger partial charge in [-0.2, -0.15) is 0 Å². The van der Waals surface area contributed by atoms with Gasteiger partial charge in [0.05, 0.1) is 15.6 Å². The van der Waals surface area contributed by atoms with E-state index in [2.05, 4.69) is 15.8 Å². The van der Waals surface area contributed by atoms with Crippen LogP contribution in [0.4, 0.5) is 0 Å². The number of hydrazine groups is 1. The molecule has 0 aliphatic rings. The predicted octanol–water partition coefficient (Wildman–Crippen LogP) is 3.64. The summed E-state index contributed by atoms with van der Waals surface area (Å²) < 4.78 is 0.732. The number of thiophene rings is 1. The van der Waals surface area contributed by atoms with Crippen LogP contribution in [0.25, 0.3) is 10.9 Å². The molecular weight excluding hydrogens is 378 g/mol. The highest BCUT2D eigenvalue weighted by atomic mass is 35.5. The zero-order valence-corrected chi connectivity index (χ0v) is 15.4. The van der Waals surface area contributed by atoms with Crippen molar-refractivity contribution in [2.24, 2.45) is 0 Å². The lowest BCUT2D eigenvalue weighted by Gasteiger charge is -2.07. The molecule has 0 aliphatic heterocycles.